The van der Waals surface area contributed by atoms with Crippen LogP contribution in [0.25, 0.3) is 10.1 Å². The van der Waals surface area contributed by atoms with Crippen molar-refractivity contribution in [2.45, 2.75) is 33.1 Å². The number of hydrogen-bond acceptors (Lipinski definition) is 4. The van der Waals surface area contributed by atoms with Gasteiger partial charge < -0.3 is 11.1 Å². The van der Waals surface area contributed by atoms with E-state index >= 15 is 0 Å². The first kappa shape index (κ1) is 13.4. The van der Waals surface area contributed by atoms with Crippen molar-refractivity contribution in [1.29, 1.82) is 0 Å². The highest BCUT2D eigenvalue weighted by molar-refractivity contribution is 7.21. The minimum absolute atomic E-state index is 0.0485. The maximum absolute atomic E-state index is 12.3. The van der Waals surface area contributed by atoms with Crippen molar-refractivity contribution < 1.29 is 4.79 Å². The molecule has 1 saturated carbocycles. The summed E-state index contributed by atoms with van der Waals surface area (Å²) in [6, 6.07) is 1.99. The predicted octanol–water partition coefficient (Wildman–Crippen LogP) is 3.03. The van der Waals surface area contributed by atoms with Gasteiger partial charge in [-0.3, -0.25) is 9.78 Å². The van der Waals surface area contributed by atoms with Crippen LogP contribution in [0.4, 0.5) is 5.69 Å². The third-order valence-corrected chi connectivity index (χ3v) is 5.15. The van der Waals surface area contributed by atoms with Crippen molar-refractivity contribution in [1.82, 2.24) is 10.3 Å². The van der Waals surface area contributed by atoms with Gasteiger partial charge in [-0.15, -0.1) is 11.3 Å². The summed E-state index contributed by atoms with van der Waals surface area (Å²) in [6.07, 6.45) is 3.74. The Morgan fingerprint density at radius 3 is 2.90 bits per heavy atom. The molecule has 0 unspecified atom stereocenters. The fourth-order valence-electron chi connectivity index (χ4n) is 2.66. The van der Waals surface area contributed by atoms with E-state index < -0.39 is 0 Å². The number of thiophene rings is 1. The van der Waals surface area contributed by atoms with Gasteiger partial charge in [0.05, 0.1) is 5.69 Å². The van der Waals surface area contributed by atoms with Crippen LogP contribution < -0.4 is 11.1 Å². The molecule has 3 rings (SSSR count). The average Bonchev–Trinajstić information content (AvgIpc) is 2.64. The molecule has 1 fully saturated rings. The minimum atomic E-state index is -0.0485. The summed E-state index contributed by atoms with van der Waals surface area (Å²) < 4.78 is 1.04. The average molecular weight is 289 g/mol. The largest absolute Gasteiger partial charge is 0.397 e. The highest BCUT2D eigenvalue weighted by Crippen LogP contribution is 2.35. The quantitative estimate of drug-likeness (QED) is 0.912. The summed E-state index contributed by atoms with van der Waals surface area (Å²) in [5.74, 6) is 0.604. The smallest absolute Gasteiger partial charge is 0.263 e. The number of carbonyl (C=O) groups is 1. The molecule has 0 atom stereocenters. The van der Waals surface area contributed by atoms with Gasteiger partial charge >= 0.3 is 0 Å². The minimum Gasteiger partial charge on any atom is -0.397 e. The molecule has 0 aliphatic heterocycles. The van der Waals surface area contributed by atoms with E-state index in [0.29, 0.717) is 16.5 Å². The number of amides is 1. The zero-order valence-corrected chi connectivity index (χ0v) is 12.6. The first-order valence-corrected chi connectivity index (χ1v) is 7.82. The third-order valence-electron chi connectivity index (χ3n) is 4.00. The number of pyridine rings is 1. The molecule has 0 bridgehead atoms. The fourth-order valence-corrected chi connectivity index (χ4v) is 3.85. The fraction of sp³-hybridized carbons (Fsp3) is 0.467. The summed E-state index contributed by atoms with van der Waals surface area (Å²) in [5.41, 5.74) is 8.58. The molecule has 4 nitrogen and oxygen atoms in total. The highest BCUT2D eigenvalue weighted by atomic mass is 32.1. The van der Waals surface area contributed by atoms with E-state index in [1.807, 2.05) is 19.9 Å². The van der Waals surface area contributed by atoms with Crippen LogP contribution >= 0.6 is 11.3 Å². The lowest BCUT2D eigenvalue weighted by molar-refractivity contribution is 0.0944. The highest BCUT2D eigenvalue weighted by Gasteiger charge is 2.21. The Labute approximate surface area is 122 Å². The number of aromatic nitrogens is 1. The van der Waals surface area contributed by atoms with Gasteiger partial charge in [0.15, 0.2) is 0 Å². The molecule has 2 heterocycles. The summed E-state index contributed by atoms with van der Waals surface area (Å²) in [7, 11) is 0. The van der Waals surface area contributed by atoms with Crippen molar-refractivity contribution in [2.24, 2.45) is 5.92 Å². The van der Waals surface area contributed by atoms with Crippen molar-refractivity contribution in [3.05, 3.63) is 22.3 Å². The molecule has 5 heteroatoms. The van der Waals surface area contributed by atoms with E-state index in [-0.39, 0.29) is 5.91 Å². The van der Waals surface area contributed by atoms with E-state index in [4.69, 9.17) is 5.73 Å². The molecule has 1 aliphatic rings. The summed E-state index contributed by atoms with van der Waals surface area (Å²) >= 11 is 1.46. The van der Waals surface area contributed by atoms with E-state index in [1.54, 1.807) is 0 Å². The molecule has 0 spiro atoms. The molecule has 3 N–H and O–H groups in total. The molecule has 20 heavy (non-hydrogen) atoms. The molecule has 106 valence electrons. The standard InChI is InChI=1S/C15H19N3OS/c1-8-6-11-12(9(2)18-8)13(16)14(20-11)15(19)17-7-10-4-3-5-10/h6,10H,3-5,7,16H2,1-2H3,(H,17,19). The Morgan fingerprint density at radius 1 is 1.50 bits per heavy atom. The number of nitrogens with one attached hydrogen (secondary N) is 1. The lowest BCUT2D eigenvalue weighted by Crippen LogP contribution is -2.32. The Hall–Kier alpha value is -1.62. The number of aryl methyl sites for hydroxylation is 2. The number of nitrogens with two attached hydrogens (primary N) is 1. The van der Waals surface area contributed by atoms with Crippen molar-refractivity contribution in [3.8, 4) is 0 Å². The SMILES string of the molecule is Cc1cc2sc(C(=O)NCC3CCC3)c(N)c2c(C)n1. The van der Waals surface area contributed by atoms with E-state index in [1.165, 1.54) is 30.6 Å². The van der Waals surface area contributed by atoms with Gasteiger partial charge in [0, 0.05) is 28.0 Å². The number of rotatable bonds is 3. The topological polar surface area (TPSA) is 68.0 Å². The maximum atomic E-state index is 12.3. The van der Waals surface area contributed by atoms with Gasteiger partial charge in [0.1, 0.15) is 4.88 Å². The van der Waals surface area contributed by atoms with Crippen LogP contribution in [0.1, 0.15) is 40.3 Å². The second-order valence-electron chi connectivity index (χ2n) is 5.57. The maximum Gasteiger partial charge on any atom is 0.263 e. The normalized spacial score (nSPS) is 15.3. The van der Waals surface area contributed by atoms with Gasteiger partial charge in [-0.2, -0.15) is 0 Å². The van der Waals surface area contributed by atoms with Crippen LogP contribution in [0.3, 0.4) is 0 Å². The van der Waals surface area contributed by atoms with Gasteiger partial charge in [-0.1, -0.05) is 6.42 Å². The van der Waals surface area contributed by atoms with Crippen molar-refractivity contribution >= 4 is 33.0 Å². The van der Waals surface area contributed by atoms with Crippen LogP contribution in [-0.2, 0) is 0 Å². The zero-order chi connectivity index (χ0) is 14.3. The lowest BCUT2D eigenvalue weighted by Gasteiger charge is -2.25. The van der Waals surface area contributed by atoms with Crippen LogP contribution in [0.5, 0.6) is 0 Å². The Kier molecular flexibility index (Phi) is 3.38. The van der Waals surface area contributed by atoms with Crippen LogP contribution in [0, 0.1) is 19.8 Å². The van der Waals surface area contributed by atoms with Crippen LogP contribution in [-0.4, -0.2) is 17.4 Å². The third kappa shape index (κ3) is 2.26. The second kappa shape index (κ2) is 5.05. The predicted molar refractivity (Wildman–Crippen MR) is 83.2 cm³/mol. The van der Waals surface area contributed by atoms with Crippen LogP contribution in [0.2, 0.25) is 0 Å². The first-order valence-electron chi connectivity index (χ1n) is 7.00. The molecule has 0 aromatic carbocycles. The Morgan fingerprint density at radius 2 is 2.25 bits per heavy atom. The van der Waals surface area contributed by atoms with Gasteiger partial charge in [0.25, 0.3) is 5.91 Å². The summed E-state index contributed by atoms with van der Waals surface area (Å²) in [5, 5.41) is 3.93. The summed E-state index contributed by atoms with van der Waals surface area (Å²) in [4.78, 5) is 17.3. The molecule has 0 radical (unpaired) electrons. The number of anilines is 1. The molecular weight excluding hydrogens is 270 g/mol. The second-order valence-corrected chi connectivity index (χ2v) is 6.63. The molecule has 2 aromatic heterocycles. The molecule has 0 saturated heterocycles. The molecule has 2 aromatic rings. The number of carbonyl (C=O) groups excluding carboxylic acids is 1. The Bertz CT molecular complexity index is 673. The van der Waals surface area contributed by atoms with Gasteiger partial charge in [0.2, 0.25) is 0 Å². The number of nitrogens with zero attached hydrogens (tertiary/aromatic N) is 1. The van der Waals surface area contributed by atoms with Gasteiger partial charge in [-0.25, -0.2) is 0 Å². The molecular formula is C15H19N3OS. The Balaban J connectivity index is 1.88. The van der Waals surface area contributed by atoms with Crippen molar-refractivity contribution in [3.63, 3.8) is 0 Å². The van der Waals surface area contributed by atoms with Crippen molar-refractivity contribution in [2.75, 3.05) is 12.3 Å². The summed E-state index contributed by atoms with van der Waals surface area (Å²) in [6.45, 7) is 4.66. The number of hydrogen-bond donors (Lipinski definition) is 2. The van der Waals surface area contributed by atoms with E-state index in [2.05, 4.69) is 10.3 Å². The zero-order valence-electron chi connectivity index (χ0n) is 11.8. The number of nitrogen functional groups attached to an aromatic ring is 1. The van der Waals surface area contributed by atoms with E-state index in [0.717, 1.165) is 28.0 Å². The monoisotopic (exact) mass is 289 g/mol. The van der Waals surface area contributed by atoms with Crippen LogP contribution in [0.15, 0.2) is 6.07 Å². The molecule has 1 aliphatic carbocycles. The number of fused-ring (bicyclic) bond motifs is 1. The first-order chi connectivity index (χ1) is 9.56. The van der Waals surface area contributed by atoms with E-state index in [9.17, 15) is 4.79 Å². The van der Waals surface area contributed by atoms with Gasteiger partial charge in [-0.05, 0) is 38.7 Å². The lowest BCUT2D eigenvalue weighted by atomic mass is 9.85. The molecule has 1 amide bonds.